The number of carbonyl (C=O) groups is 2. The zero-order chi connectivity index (χ0) is 18.7. The maximum absolute atomic E-state index is 12.2. The first-order valence-corrected chi connectivity index (χ1v) is 9.36. The van der Waals surface area contributed by atoms with Gasteiger partial charge >= 0.3 is 0 Å². The number of nitrogens with zero attached hydrogens (tertiary/aromatic N) is 1. The van der Waals surface area contributed by atoms with Gasteiger partial charge in [-0.25, -0.2) is 4.99 Å². The molecule has 0 spiro atoms. The zero-order valence-electron chi connectivity index (χ0n) is 14.4. The number of aliphatic imine (C=N–C) groups is 1. The molecule has 0 aliphatic carbocycles. The summed E-state index contributed by atoms with van der Waals surface area (Å²) >= 11 is 7.35. The van der Waals surface area contributed by atoms with Crippen molar-refractivity contribution in [3.05, 3.63) is 58.6 Å². The second kappa shape index (κ2) is 7.93. The summed E-state index contributed by atoms with van der Waals surface area (Å²) in [5.74, 6) is -0.422. The minimum absolute atomic E-state index is 0.0813. The fourth-order valence-corrected chi connectivity index (χ4v) is 3.59. The molecule has 1 aliphatic rings. The summed E-state index contributed by atoms with van der Waals surface area (Å²) in [5, 5.41) is 6.13. The number of anilines is 1. The van der Waals surface area contributed by atoms with E-state index in [2.05, 4.69) is 15.6 Å². The van der Waals surface area contributed by atoms with Gasteiger partial charge in [0.25, 0.3) is 0 Å². The molecule has 2 aromatic rings. The summed E-state index contributed by atoms with van der Waals surface area (Å²) in [6.45, 7) is 3.85. The van der Waals surface area contributed by atoms with E-state index in [1.165, 1.54) is 11.8 Å². The van der Waals surface area contributed by atoms with Gasteiger partial charge in [-0.15, -0.1) is 0 Å². The molecule has 1 saturated heterocycles. The van der Waals surface area contributed by atoms with E-state index in [0.717, 1.165) is 11.1 Å². The number of amides is 2. The van der Waals surface area contributed by atoms with Crippen LogP contribution in [-0.2, 0) is 9.59 Å². The Morgan fingerprint density at radius 3 is 2.69 bits per heavy atom. The van der Waals surface area contributed by atoms with E-state index in [-0.39, 0.29) is 18.2 Å². The Hall–Kier alpha value is -2.31. The van der Waals surface area contributed by atoms with Crippen LogP contribution in [0.2, 0.25) is 5.02 Å². The van der Waals surface area contributed by atoms with E-state index < -0.39 is 5.25 Å². The van der Waals surface area contributed by atoms with Crippen LogP contribution in [0.15, 0.2) is 47.5 Å². The Balaban J connectivity index is 1.64. The highest BCUT2D eigenvalue weighted by molar-refractivity contribution is 8.15. The maximum atomic E-state index is 12.2. The number of hydrogen-bond donors (Lipinski definition) is 2. The highest BCUT2D eigenvalue weighted by atomic mass is 35.5. The van der Waals surface area contributed by atoms with Crippen LogP contribution in [0.4, 0.5) is 11.4 Å². The minimum Gasteiger partial charge on any atom is -0.326 e. The van der Waals surface area contributed by atoms with Crippen molar-refractivity contribution in [3.63, 3.8) is 0 Å². The van der Waals surface area contributed by atoms with Crippen LogP contribution in [-0.4, -0.2) is 22.2 Å². The van der Waals surface area contributed by atoms with Crippen LogP contribution in [0.25, 0.3) is 0 Å². The van der Waals surface area contributed by atoms with Gasteiger partial charge in [0.2, 0.25) is 11.8 Å². The molecule has 3 rings (SSSR count). The molecule has 0 bridgehead atoms. The minimum atomic E-state index is -0.501. The van der Waals surface area contributed by atoms with Crippen molar-refractivity contribution in [3.8, 4) is 0 Å². The number of halogens is 1. The molecule has 5 nitrogen and oxygen atoms in total. The largest absolute Gasteiger partial charge is 0.326 e. The predicted octanol–water partition coefficient (Wildman–Crippen LogP) is 4.20. The summed E-state index contributed by atoms with van der Waals surface area (Å²) in [4.78, 5) is 28.8. The maximum Gasteiger partial charge on any atom is 0.240 e. The second-order valence-electron chi connectivity index (χ2n) is 6.01. The number of hydrogen-bond acceptors (Lipinski definition) is 4. The fourth-order valence-electron chi connectivity index (χ4n) is 2.44. The quantitative estimate of drug-likeness (QED) is 0.825. The molecule has 1 heterocycles. The molecule has 7 heteroatoms. The van der Waals surface area contributed by atoms with Crippen LogP contribution in [0.1, 0.15) is 17.5 Å². The molecule has 1 fully saturated rings. The standard InChI is InChI=1S/C19H18ClN3O2S/c1-11-6-8-13(9-7-11)21-17(24)10-16-18(25)23-19(26-16)22-15-5-3-4-14(20)12(15)2/h3-9,16H,10H2,1-2H3,(H,21,24)(H,22,23,25)/t16-/m1/s1. The average Bonchev–Trinajstić information content (AvgIpc) is 2.93. The van der Waals surface area contributed by atoms with Crippen LogP contribution in [0.5, 0.6) is 0 Å². The van der Waals surface area contributed by atoms with Crippen molar-refractivity contribution < 1.29 is 9.59 Å². The molecule has 1 atom stereocenters. The van der Waals surface area contributed by atoms with E-state index in [1.54, 1.807) is 6.07 Å². The van der Waals surface area contributed by atoms with Gasteiger partial charge in [-0.2, -0.15) is 0 Å². The number of amidine groups is 1. The number of nitrogens with one attached hydrogen (secondary N) is 2. The Bertz CT molecular complexity index is 881. The predicted molar refractivity (Wildman–Crippen MR) is 107 cm³/mol. The van der Waals surface area contributed by atoms with Gasteiger partial charge in [0.15, 0.2) is 5.17 Å². The van der Waals surface area contributed by atoms with Gasteiger partial charge in [-0.05, 0) is 43.7 Å². The van der Waals surface area contributed by atoms with Gasteiger partial charge in [-0.1, -0.05) is 47.1 Å². The van der Waals surface area contributed by atoms with Crippen LogP contribution < -0.4 is 10.6 Å². The molecular formula is C19H18ClN3O2S. The molecule has 0 saturated carbocycles. The van der Waals surface area contributed by atoms with Crippen LogP contribution >= 0.6 is 23.4 Å². The molecule has 0 aromatic heterocycles. The lowest BCUT2D eigenvalue weighted by Gasteiger charge is -2.07. The molecule has 0 radical (unpaired) electrons. The van der Waals surface area contributed by atoms with Crippen molar-refractivity contribution in [2.75, 3.05) is 5.32 Å². The lowest BCUT2D eigenvalue weighted by atomic mass is 10.2. The van der Waals surface area contributed by atoms with E-state index in [9.17, 15) is 9.59 Å². The number of rotatable bonds is 4. The molecule has 2 amide bonds. The highest BCUT2D eigenvalue weighted by Gasteiger charge is 2.32. The second-order valence-corrected chi connectivity index (χ2v) is 7.61. The third-order valence-corrected chi connectivity index (χ3v) is 5.43. The molecular weight excluding hydrogens is 370 g/mol. The molecule has 26 heavy (non-hydrogen) atoms. The smallest absolute Gasteiger partial charge is 0.240 e. The third-order valence-electron chi connectivity index (χ3n) is 3.94. The Morgan fingerprint density at radius 2 is 1.96 bits per heavy atom. The number of aryl methyl sites for hydroxylation is 1. The molecule has 1 aliphatic heterocycles. The topological polar surface area (TPSA) is 70.6 Å². The SMILES string of the molecule is Cc1ccc(NC(=O)C[C@H]2SC(=Nc3cccc(Cl)c3C)NC2=O)cc1. The van der Waals surface area contributed by atoms with Crippen molar-refractivity contribution >= 4 is 51.7 Å². The first kappa shape index (κ1) is 18.5. The van der Waals surface area contributed by atoms with E-state index in [0.29, 0.717) is 21.6 Å². The van der Waals surface area contributed by atoms with Crippen LogP contribution in [0.3, 0.4) is 0 Å². The van der Waals surface area contributed by atoms with Gasteiger partial charge < -0.3 is 10.6 Å². The van der Waals surface area contributed by atoms with Crippen molar-refractivity contribution in [2.24, 2.45) is 4.99 Å². The number of benzene rings is 2. The Morgan fingerprint density at radius 1 is 1.23 bits per heavy atom. The lowest BCUT2D eigenvalue weighted by molar-refractivity contribution is -0.122. The molecule has 0 unspecified atom stereocenters. The summed E-state index contributed by atoms with van der Waals surface area (Å²) in [5.41, 5.74) is 3.38. The lowest BCUT2D eigenvalue weighted by Crippen LogP contribution is -2.28. The zero-order valence-corrected chi connectivity index (χ0v) is 15.9. The normalized spacial score (nSPS) is 18.0. The number of carbonyl (C=O) groups excluding carboxylic acids is 2. The van der Waals surface area contributed by atoms with Gasteiger partial charge in [0.05, 0.1) is 5.69 Å². The highest BCUT2D eigenvalue weighted by Crippen LogP contribution is 2.29. The van der Waals surface area contributed by atoms with Gasteiger partial charge in [0.1, 0.15) is 5.25 Å². The van der Waals surface area contributed by atoms with Gasteiger partial charge in [0, 0.05) is 17.1 Å². The first-order valence-electron chi connectivity index (χ1n) is 8.10. The first-order chi connectivity index (χ1) is 12.4. The summed E-state index contributed by atoms with van der Waals surface area (Å²) in [7, 11) is 0. The molecule has 2 aromatic carbocycles. The summed E-state index contributed by atoms with van der Waals surface area (Å²) < 4.78 is 0. The third kappa shape index (κ3) is 4.45. The van der Waals surface area contributed by atoms with E-state index >= 15 is 0 Å². The van der Waals surface area contributed by atoms with Crippen molar-refractivity contribution in [1.82, 2.24) is 5.32 Å². The van der Waals surface area contributed by atoms with Crippen LogP contribution in [0, 0.1) is 13.8 Å². The average molecular weight is 388 g/mol. The summed E-state index contributed by atoms with van der Waals surface area (Å²) in [6, 6.07) is 12.9. The Labute approximate surface area is 161 Å². The fraction of sp³-hybridized carbons (Fsp3) is 0.211. The van der Waals surface area contributed by atoms with E-state index in [1.807, 2.05) is 50.2 Å². The van der Waals surface area contributed by atoms with Gasteiger partial charge in [-0.3, -0.25) is 9.59 Å². The van der Waals surface area contributed by atoms with E-state index in [4.69, 9.17) is 11.6 Å². The number of thioether (sulfide) groups is 1. The van der Waals surface area contributed by atoms with Crippen molar-refractivity contribution in [1.29, 1.82) is 0 Å². The summed E-state index contributed by atoms with van der Waals surface area (Å²) in [6.07, 6.45) is 0.0813. The molecule has 134 valence electrons. The Kier molecular flexibility index (Phi) is 5.64. The van der Waals surface area contributed by atoms with Crippen molar-refractivity contribution in [2.45, 2.75) is 25.5 Å². The molecule has 2 N–H and O–H groups in total. The monoisotopic (exact) mass is 387 g/mol.